The molecule has 0 aliphatic heterocycles. The first-order chi connectivity index (χ1) is 18.5. The molecule has 0 aliphatic rings. The molecule has 0 saturated carbocycles. The number of aromatic nitrogens is 2. The van der Waals surface area contributed by atoms with E-state index in [0.29, 0.717) is 28.2 Å². The van der Waals surface area contributed by atoms with Crippen LogP contribution in [0.3, 0.4) is 0 Å². The highest BCUT2D eigenvalue weighted by Crippen LogP contribution is 2.28. The normalized spacial score (nSPS) is 10.9. The van der Waals surface area contributed by atoms with Crippen LogP contribution >= 0.6 is 23.4 Å². The minimum atomic E-state index is -0.0640. The Morgan fingerprint density at radius 3 is 2.18 bits per heavy atom. The monoisotopic (exact) mass is 544 g/mol. The molecule has 3 aromatic carbocycles. The fourth-order valence-corrected chi connectivity index (χ4v) is 5.36. The van der Waals surface area contributed by atoms with Gasteiger partial charge in [-0.05, 0) is 41.7 Å². The molecule has 0 atom stereocenters. The third-order valence-corrected chi connectivity index (χ3v) is 7.43. The molecule has 1 amide bonds. The zero-order valence-electron chi connectivity index (χ0n) is 21.8. The summed E-state index contributed by atoms with van der Waals surface area (Å²) >= 11 is 7.76. The molecule has 1 heterocycles. The summed E-state index contributed by atoms with van der Waals surface area (Å²) in [5, 5.41) is 4.18. The maximum Gasteiger partial charge on any atom is 0.251 e. The Balaban J connectivity index is 1.32. The summed E-state index contributed by atoms with van der Waals surface area (Å²) in [6.07, 6.45) is 1.85. The summed E-state index contributed by atoms with van der Waals surface area (Å²) < 4.78 is 0. The Morgan fingerprint density at radius 2 is 1.58 bits per heavy atom. The van der Waals surface area contributed by atoms with Crippen molar-refractivity contribution in [2.75, 3.05) is 25.0 Å². The summed E-state index contributed by atoms with van der Waals surface area (Å²) in [6, 6.07) is 30.4. The molecule has 0 aliphatic carbocycles. The number of carbonyl (C=O) groups is 1. The zero-order valence-corrected chi connectivity index (χ0v) is 23.4. The van der Waals surface area contributed by atoms with E-state index in [9.17, 15) is 4.79 Å². The van der Waals surface area contributed by atoms with Gasteiger partial charge < -0.3 is 10.2 Å². The van der Waals surface area contributed by atoms with E-state index >= 15 is 0 Å². The molecule has 1 N–H and O–H groups in total. The predicted octanol–water partition coefficient (Wildman–Crippen LogP) is 7.22. The van der Waals surface area contributed by atoms with E-state index in [2.05, 4.69) is 75.6 Å². The number of thioether (sulfide) groups is 1. The Bertz CT molecular complexity index is 1260. The fourth-order valence-electron chi connectivity index (χ4n) is 4.32. The standard InChI is InChI=1S/C31H33ClN4OS/c1-3-20-36(2)29-21-28(32)34-31(35-29)38-22-23-14-16-26(17-15-23)30(37)33-19-18-27(24-10-6-4-7-11-24)25-12-8-5-9-13-25/h4-17,21,27H,3,18-20,22H2,1-2H3,(H,33,37). The van der Waals surface area contributed by atoms with E-state index in [0.717, 1.165) is 30.8 Å². The number of amides is 1. The summed E-state index contributed by atoms with van der Waals surface area (Å²) in [7, 11) is 2.00. The average Bonchev–Trinajstić information content (AvgIpc) is 2.95. The molecule has 0 fully saturated rings. The molecule has 0 unspecified atom stereocenters. The molecule has 4 rings (SSSR count). The van der Waals surface area contributed by atoms with Crippen LogP contribution in [0.25, 0.3) is 0 Å². The Hall–Kier alpha value is -3.35. The lowest BCUT2D eigenvalue weighted by atomic mass is 9.88. The Morgan fingerprint density at radius 1 is 0.947 bits per heavy atom. The minimum absolute atomic E-state index is 0.0640. The quantitative estimate of drug-likeness (QED) is 0.116. The van der Waals surface area contributed by atoms with Crippen LogP contribution in [0.4, 0.5) is 5.82 Å². The number of hydrogen-bond donors (Lipinski definition) is 1. The fraction of sp³-hybridized carbons (Fsp3) is 0.258. The van der Waals surface area contributed by atoms with Gasteiger partial charge in [0, 0.05) is 43.4 Å². The van der Waals surface area contributed by atoms with Gasteiger partial charge in [-0.1, -0.05) is 103 Å². The summed E-state index contributed by atoms with van der Waals surface area (Å²) in [5.74, 6) is 1.68. The minimum Gasteiger partial charge on any atom is -0.360 e. The first kappa shape index (κ1) is 27.7. The molecule has 0 saturated heterocycles. The van der Waals surface area contributed by atoms with Crippen molar-refractivity contribution in [3.8, 4) is 0 Å². The SMILES string of the molecule is CCCN(C)c1cc(Cl)nc(SCc2ccc(C(=O)NCCC(c3ccccc3)c3ccccc3)cc2)n1. The van der Waals surface area contributed by atoms with E-state index in [-0.39, 0.29) is 11.8 Å². The molecule has 38 heavy (non-hydrogen) atoms. The van der Waals surface area contributed by atoms with Gasteiger partial charge in [-0.25, -0.2) is 9.97 Å². The van der Waals surface area contributed by atoms with Crippen molar-refractivity contribution in [3.63, 3.8) is 0 Å². The molecular formula is C31H33ClN4OS. The lowest BCUT2D eigenvalue weighted by Crippen LogP contribution is -2.25. The molecule has 0 radical (unpaired) electrons. The van der Waals surface area contributed by atoms with Crippen LogP contribution in [0.1, 0.15) is 52.7 Å². The smallest absolute Gasteiger partial charge is 0.251 e. The van der Waals surface area contributed by atoms with Crippen LogP contribution in [0.5, 0.6) is 0 Å². The lowest BCUT2D eigenvalue weighted by Gasteiger charge is -2.18. The van der Waals surface area contributed by atoms with Crippen molar-refractivity contribution in [3.05, 3.63) is 118 Å². The van der Waals surface area contributed by atoms with E-state index < -0.39 is 0 Å². The molecule has 1 aromatic heterocycles. The van der Waals surface area contributed by atoms with Crippen molar-refractivity contribution in [1.29, 1.82) is 0 Å². The molecule has 5 nitrogen and oxygen atoms in total. The van der Waals surface area contributed by atoms with Gasteiger partial charge in [0.25, 0.3) is 5.91 Å². The van der Waals surface area contributed by atoms with Crippen molar-refractivity contribution >= 4 is 35.1 Å². The molecule has 0 bridgehead atoms. The van der Waals surface area contributed by atoms with Gasteiger partial charge in [0.2, 0.25) is 0 Å². The largest absolute Gasteiger partial charge is 0.360 e. The van der Waals surface area contributed by atoms with E-state index in [1.807, 2.05) is 43.4 Å². The predicted molar refractivity (Wildman–Crippen MR) is 158 cm³/mol. The van der Waals surface area contributed by atoms with Crippen LogP contribution in [0.2, 0.25) is 5.15 Å². The molecular weight excluding hydrogens is 512 g/mol. The van der Waals surface area contributed by atoms with E-state index in [1.165, 1.54) is 22.9 Å². The summed E-state index contributed by atoms with van der Waals surface area (Å²) in [5.41, 5.74) is 4.24. The van der Waals surface area contributed by atoms with Crippen molar-refractivity contribution in [1.82, 2.24) is 15.3 Å². The Labute approximate surface area is 234 Å². The van der Waals surface area contributed by atoms with Gasteiger partial charge >= 0.3 is 0 Å². The number of nitrogens with one attached hydrogen (secondary N) is 1. The number of carbonyl (C=O) groups excluding carboxylic acids is 1. The van der Waals surface area contributed by atoms with E-state index in [1.54, 1.807) is 6.07 Å². The van der Waals surface area contributed by atoms with Crippen LogP contribution in [-0.4, -0.2) is 36.0 Å². The third kappa shape index (κ3) is 7.83. The maximum atomic E-state index is 12.8. The number of benzene rings is 3. The number of hydrogen-bond acceptors (Lipinski definition) is 5. The van der Waals surface area contributed by atoms with Gasteiger partial charge in [-0.3, -0.25) is 4.79 Å². The van der Waals surface area contributed by atoms with Gasteiger partial charge in [-0.15, -0.1) is 0 Å². The van der Waals surface area contributed by atoms with Gasteiger partial charge in [0.1, 0.15) is 11.0 Å². The van der Waals surface area contributed by atoms with Gasteiger partial charge in [0.05, 0.1) is 0 Å². The highest BCUT2D eigenvalue weighted by molar-refractivity contribution is 7.98. The number of anilines is 1. The van der Waals surface area contributed by atoms with Crippen LogP contribution in [0.15, 0.2) is 96.2 Å². The van der Waals surface area contributed by atoms with Gasteiger partial charge in [-0.2, -0.15) is 0 Å². The highest BCUT2D eigenvalue weighted by atomic mass is 35.5. The van der Waals surface area contributed by atoms with Crippen LogP contribution < -0.4 is 10.2 Å². The highest BCUT2D eigenvalue weighted by Gasteiger charge is 2.15. The maximum absolute atomic E-state index is 12.8. The Kier molecular flexibility index (Phi) is 10.2. The van der Waals surface area contributed by atoms with Crippen molar-refractivity contribution in [2.24, 2.45) is 0 Å². The molecule has 4 aromatic rings. The molecule has 196 valence electrons. The molecule has 7 heteroatoms. The number of halogens is 1. The first-order valence-electron chi connectivity index (χ1n) is 12.9. The second-order valence-corrected chi connectivity index (χ2v) is 10.5. The number of rotatable bonds is 12. The lowest BCUT2D eigenvalue weighted by molar-refractivity contribution is 0.0953. The zero-order chi connectivity index (χ0) is 26.7. The topological polar surface area (TPSA) is 58.1 Å². The summed E-state index contributed by atoms with van der Waals surface area (Å²) in [4.78, 5) is 23.9. The third-order valence-electron chi connectivity index (χ3n) is 6.32. The van der Waals surface area contributed by atoms with Crippen LogP contribution in [-0.2, 0) is 5.75 Å². The average molecular weight is 545 g/mol. The number of nitrogens with zero attached hydrogens (tertiary/aromatic N) is 3. The van der Waals surface area contributed by atoms with Crippen molar-refractivity contribution in [2.45, 2.75) is 36.6 Å². The summed E-state index contributed by atoms with van der Waals surface area (Å²) in [6.45, 7) is 3.62. The molecule has 0 spiro atoms. The van der Waals surface area contributed by atoms with Crippen molar-refractivity contribution < 1.29 is 4.79 Å². The second-order valence-electron chi connectivity index (χ2n) is 9.16. The first-order valence-corrected chi connectivity index (χ1v) is 14.3. The van der Waals surface area contributed by atoms with Gasteiger partial charge in [0.15, 0.2) is 5.16 Å². The second kappa shape index (κ2) is 14.0. The van der Waals surface area contributed by atoms with Crippen LogP contribution in [0, 0.1) is 0 Å². The van der Waals surface area contributed by atoms with E-state index in [4.69, 9.17) is 11.6 Å².